The van der Waals surface area contributed by atoms with Crippen molar-refractivity contribution in [3.63, 3.8) is 0 Å². The lowest BCUT2D eigenvalue weighted by Gasteiger charge is -2.26. The van der Waals surface area contributed by atoms with Crippen molar-refractivity contribution < 1.29 is 15.0 Å². The number of carboxylic acids is 1. The number of rotatable bonds is 4. The van der Waals surface area contributed by atoms with Crippen molar-refractivity contribution >= 4 is 11.7 Å². The second-order valence-electron chi connectivity index (χ2n) is 5.48. The van der Waals surface area contributed by atoms with Crippen molar-refractivity contribution in [1.29, 1.82) is 0 Å². The highest BCUT2D eigenvalue weighted by molar-refractivity contribution is 5.88. The van der Waals surface area contributed by atoms with Crippen LogP contribution in [-0.2, 0) is 6.54 Å². The molecule has 0 saturated carbocycles. The molecule has 0 atom stereocenters. The zero-order chi connectivity index (χ0) is 15.7. The van der Waals surface area contributed by atoms with E-state index in [4.69, 9.17) is 5.11 Å². The van der Waals surface area contributed by atoms with Gasteiger partial charge >= 0.3 is 11.5 Å². The van der Waals surface area contributed by atoms with Gasteiger partial charge in [0.05, 0.1) is 0 Å². The van der Waals surface area contributed by atoms with E-state index in [2.05, 4.69) is 9.88 Å². The van der Waals surface area contributed by atoms with Gasteiger partial charge in [-0.25, -0.2) is 14.2 Å². The van der Waals surface area contributed by atoms with Gasteiger partial charge < -0.3 is 19.7 Å². The Morgan fingerprint density at radius 3 is 2.59 bits per heavy atom. The van der Waals surface area contributed by atoms with Gasteiger partial charge in [0.25, 0.3) is 0 Å². The molecule has 0 spiro atoms. The fourth-order valence-corrected chi connectivity index (χ4v) is 2.82. The van der Waals surface area contributed by atoms with Gasteiger partial charge in [-0.2, -0.15) is 0 Å². The number of imidazole rings is 1. The summed E-state index contributed by atoms with van der Waals surface area (Å²) in [4.78, 5) is 29.3. The zero-order valence-corrected chi connectivity index (χ0v) is 12.1. The lowest BCUT2D eigenvalue weighted by Crippen LogP contribution is -2.32. The van der Waals surface area contributed by atoms with Gasteiger partial charge in [0.2, 0.25) is 11.5 Å². The fourth-order valence-electron chi connectivity index (χ4n) is 2.82. The monoisotopic (exact) mass is 306 g/mol. The molecule has 1 aliphatic heterocycles. The van der Waals surface area contributed by atoms with E-state index in [1.54, 1.807) is 10.8 Å². The Bertz CT molecular complexity index is 758. The first-order chi connectivity index (χ1) is 10.6. The van der Waals surface area contributed by atoms with Crippen molar-refractivity contribution in [2.75, 3.05) is 19.6 Å². The van der Waals surface area contributed by atoms with E-state index in [0.29, 0.717) is 6.54 Å². The van der Waals surface area contributed by atoms with Crippen LogP contribution in [0.5, 0.6) is 5.75 Å². The van der Waals surface area contributed by atoms with Crippen molar-refractivity contribution in [3.8, 4) is 5.75 Å². The topological polar surface area (TPSA) is 100 Å². The third-order valence-corrected chi connectivity index (χ3v) is 4.03. The molecule has 1 saturated heterocycles. The number of hydrogen-bond acceptors (Lipinski definition) is 5. The maximum atomic E-state index is 12.0. The Labute approximate surface area is 126 Å². The number of piperidine rings is 1. The number of hydrogen-bond donors (Lipinski definition) is 2. The minimum atomic E-state index is -1.42. The predicted molar refractivity (Wildman–Crippen MR) is 78.4 cm³/mol. The van der Waals surface area contributed by atoms with E-state index >= 15 is 0 Å². The summed E-state index contributed by atoms with van der Waals surface area (Å²) >= 11 is 0. The number of nitrogens with zero attached hydrogens (tertiary/aromatic N) is 4. The van der Waals surface area contributed by atoms with E-state index in [9.17, 15) is 14.7 Å². The SMILES string of the molecule is O=C(O)c1nc2n(CCN3CCCCC3)ccn2c(=O)c1O. The number of aromatic nitrogens is 3. The molecule has 22 heavy (non-hydrogen) atoms. The maximum Gasteiger partial charge on any atom is 0.358 e. The minimum absolute atomic E-state index is 0.234. The number of aromatic hydroxyl groups is 1. The summed E-state index contributed by atoms with van der Waals surface area (Å²) in [6.07, 6.45) is 6.83. The first-order valence-corrected chi connectivity index (χ1v) is 7.34. The van der Waals surface area contributed by atoms with E-state index in [1.165, 1.54) is 25.5 Å². The summed E-state index contributed by atoms with van der Waals surface area (Å²) in [5.74, 6) is -2.02. The van der Waals surface area contributed by atoms with E-state index in [1.807, 2.05) is 0 Å². The van der Waals surface area contributed by atoms with Crippen LogP contribution in [0.3, 0.4) is 0 Å². The standard InChI is InChI=1S/C14H18N4O4/c19-11-10(13(21)22)15-14-17(8-9-18(14)12(11)20)7-6-16-4-2-1-3-5-16/h8-9,19H,1-7H2,(H,21,22). The van der Waals surface area contributed by atoms with Crippen LogP contribution in [0.2, 0.25) is 0 Å². The average molecular weight is 306 g/mol. The Balaban J connectivity index is 1.90. The largest absolute Gasteiger partial charge is 0.501 e. The maximum absolute atomic E-state index is 12.0. The molecule has 8 heteroatoms. The summed E-state index contributed by atoms with van der Waals surface area (Å²) in [5.41, 5.74) is -1.37. The first-order valence-electron chi connectivity index (χ1n) is 7.34. The molecular weight excluding hydrogens is 288 g/mol. The molecule has 2 aromatic heterocycles. The van der Waals surface area contributed by atoms with Crippen molar-refractivity contribution in [1.82, 2.24) is 18.9 Å². The summed E-state index contributed by atoms with van der Waals surface area (Å²) in [6.45, 7) is 3.57. The third kappa shape index (κ3) is 2.57. The van der Waals surface area contributed by atoms with Gasteiger partial charge in [0, 0.05) is 25.5 Å². The highest BCUT2D eigenvalue weighted by Crippen LogP contribution is 2.12. The van der Waals surface area contributed by atoms with Gasteiger partial charge in [0.1, 0.15) is 0 Å². The van der Waals surface area contributed by atoms with Crippen molar-refractivity contribution in [3.05, 3.63) is 28.4 Å². The lowest BCUT2D eigenvalue weighted by molar-refractivity contribution is 0.0686. The summed E-state index contributed by atoms with van der Waals surface area (Å²) in [6, 6.07) is 0. The van der Waals surface area contributed by atoms with Crippen LogP contribution in [0, 0.1) is 0 Å². The number of likely N-dealkylation sites (tertiary alicyclic amines) is 1. The van der Waals surface area contributed by atoms with E-state index < -0.39 is 23.0 Å². The Hall–Kier alpha value is -2.35. The zero-order valence-electron chi connectivity index (χ0n) is 12.1. The molecule has 0 amide bonds. The minimum Gasteiger partial charge on any atom is -0.501 e. The Kier molecular flexibility index (Phi) is 3.84. The molecule has 1 fully saturated rings. The highest BCUT2D eigenvalue weighted by Gasteiger charge is 2.19. The number of carboxylic acid groups (broad SMARTS) is 1. The molecule has 3 heterocycles. The number of fused-ring (bicyclic) bond motifs is 1. The molecule has 3 rings (SSSR count). The van der Waals surface area contributed by atoms with Gasteiger partial charge in [0.15, 0.2) is 5.69 Å². The van der Waals surface area contributed by atoms with Gasteiger partial charge in [-0.1, -0.05) is 6.42 Å². The van der Waals surface area contributed by atoms with Crippen LogP contribution >= 0.6 is 0 Å². The van der Waals surface area contributed by atoms with E-state index in [0.717, 1.165) is 24.0 Å². The third-order valence-electron chi connectivity index (χ3n) is 4.03. The normalized spacial score (nSPS) is 16.2. The predicted octanol–water partition coefficient (Wildman–Crippen LogP) is 0.386. The molecule has 1 aliphatic rings. The quantitative estimate of drug-likeness (QED) is 0.847. The fraction of sp³-hybridized carbons (Fsp3) is 0.500. The van der Waals surface area contributed by atoms with Crippen LogP contribution in [0.1, 0.15) is 29.8 Å². The second-order valence-corrected chi connectivity index (χ2v) is 5.48. The van der Waals surface area contributed by atoms with Crippen molar-refractivity contribution in [2.45, 2.75) is 25.8 Å². The van der Waals surface area contributed by atoms with Crippen LogP contribution in [-0.4, -0.2) is 54.7 Å². The molecule has 2 aromatic rings. The molecule has 8 nitrogen and oxygen atoms in total. The lowest BCUT2D eigenvalue weighted by atomic mass is 10.1. The summed E-state index contributed by atoms with van der Waals surface area (Å²) < 4.78 is 2.90. The molecule has 118 valence electrons. The van der Waals surface area contributed by atoms with Crippen molar-refractivity contribution in [2.24, 2.45) is 0 Å². The first kappa shape index (κ1) is 14.6. The molecule has 2 N–H and O–H groups in total. The Morgan fingerprint density at radius 1 is 1.18 bits per heavy atom. The average Bonchev–Trinajstić information content (AvgIpc) is 2.92. The van der Waals surface area contributed by atoms with Gasteiger partial charge in [-0.3, -0.25) is 4.79 Å². The van der Waals surface area contributed by atoms with Crippen LogP contribution in [0.4, 0.5) is 0 Å². The smallest absolute Gasteiger partial charge is 0.358 e. The number of aromatic carboxylic acids is 1. The molecular formula is C14H18N4O4. The van der Waals surface area contributed by atoms with E-state index in [-0.39, 0.29) is 5.78 Å². The van der Waals surface area contributed by atoms with Gasteiger partial charge in [-0.15, -0.1) is 0 Å². The molecule has 0 aliphatic carbocycles. The molecule has 0 aromatic carbocycles. The highest BCUT2D eigenvalue weighted by atomic mass is 16.4. The number of carbonyl (C=O) groups is 1. The Morgan fingerprint density at radius 2 is 1.91 bits per heavy atom. The summed E-state index contributed by atoms with van der Waals surface area (Å²) in [7, 11) is 0. The summed E-state index contributed by atoms with van der Waals surface area (Å²) in [5, 5.41) is 18.6. The van der Waals surface area contributed by atoms with Crippen LogP contribution in [0.25, 0.3) is 5.78 Å². The van der Waals surface area contributed by atoms with Crippen LogP contribution < -0.4 is 5.56 Å². The molecule has 0 radical (unpaired) electrons. The molecule has 0 unspecified atom stereocenters. The second kappa shape index (κ2) is 5.80. The molecule has 0 bridgehead atoms. The van der Waals surface area contributed by atoms with Gasteiger partial charge in [-0.05, 0) is 25.9 Å². The van der Waals surface area contributed by atoms with Crippen LogP contribution in [0.15, 0.2) is 17.2 Å².